The minimum Gasteiger partial charge on any atom is -0.370 e. The molecule has 0 atom stereocenters. The fraction of sp³-hybridized carbons (Fsp3) is 0.750. The number of anilines is 2. The molecule has 1 aliphatic carbocycles. The zero-order chi connectivity index (χ0) is 15.1. The van der Waals surface area contributed by atoms with Gasteiger partial charge in [0.2, 0.25) is 0 Å². The summed E-state index contributed by atoms with van der Waals surface area (Å²) >= 11 is 0. The average molecular weight is 291 g/mol. The number of hydrogen-bond acceptors (Lipinski definition) is 5. The van der Waals surface area contributed by atoms with Crippen molar-refractivity contribution < 1.29 is 0 Å². The van der Waals surface area contributed by atoms with Gasteiger partial charge in [-0.15, -0.1) is 0 Å². The summed E-state index contributed by atoms with van der Waals surface area (Å²) < 4.78 is 0. The van der Waals surface area contributed by atoms with Crippen LogP contribution < -0.4 is 10.6 Å². The monoisotopic (exact) mass is 291 g/mol. The van der Waals surface area contributed by atoms with Crippen LogP contribution in [0.5, 0.6) is 0 Å². The molecule has 0 bridgehead atoms. The molecule has 0 radical (unpaired) electrons. The van der Waals surface area contributed by atoms with Crippen molar-refractivity contribution in [1.82, 2.24) is 14.9 Å². The van der Waals surface area contributed by atoms with Gasteiger partial charge in [-0.2, -0.15) is 0 Å². The highest BCUT2D eigenvalue weighted by Gasteiger charge is 2.19. The summed E-state index contributed by atoms with van der Waals surface area (Å²) in [5, 5.41) is 6.79. The molecule has 2 rings (SSSR count). The van der Waals surface area contributed by atoms with Crippen molar-refractivity contribution in [3.05, 3.63) is 11.9 Å². The largest absolute Gasteiger partial charge is 0.370 e. The lowest BCUT2D eigenvalue weighted by atomic mass is 10.2. The Labute approximate surface area is 128 Å². The van der Waals surface area contributed by atoms with E-state index in [1.807, 2.05) is 0 Å². The van der Waals surface area contributed by atoms with E-state index in [-0.39, 0.29) is 0 Å². The van der Waals surface area contributed by atoms with Crippen molar-refractivity contribution in [3.63, 3.8) is 0 Å². The molecule has 0 amide bonds. The Hall–Kier alpha value is -1.36. The van der Waals surface area contributed by atoms with Crippen molar-refractivity contribution in [3.8, 4) is 0 Å². The first-order chi connectivity index (χ1) is 10.3. The third-order valence-electron chi connectivity index (χ3n) is 4.35. The zero-order valence-corrected chi connectivity index (χ0v) is 13.7. The molecule has 1 aromatic heterocycles. The van der Waals surface area contributed by atoms with Gasteiger partial charge in [-0.25, -0.2) is 9.97 Å². The van der Waals surface area contributed by atoms with Gasteiger partial charge in [0.15, 0.2) is 0 Å². The van der Waals surface area contributed by atoms with Crippen LogP contribution in [0.1, 0.15) is 45.1 Å². The van der Waals surface area contributed by atoms with Crippen LogP contribution in [0.2, 0.25) is 0 Å². The zero-order valence-electron chi connectivity index (χ0n) is 13.7. The van der Waals surface area contributed by atoms with Gasteiger partial charge in [0.25, 0.3) is 0 Å². The van der Waals surface area contributed by atoms with Crippen molar-refractivity contribution in [2.24, 2.45) is 0 Å². The predicted molar refractivity (Wildman–Crippen MR) is 88.9 cm³/mol. The van der Waals surface area contributed by atoms with Gasteiger partial charge in [-0.1, -0.05) is 19.8 Å². The first-order valence-electron chi connectivity index (χ1n) is 8.28. The Bertz CT molecular complexity index is 429. The SMILES string of the molecule is CCNc1ncnc(NCCN(C)C2CCCC2)c1CC. The maximum absolute atomic E-state index is 4.41. The number of hydrogen-bond donors (Lipinski definition) is 2. The van der Waals surface area contributed by atoms with E-state index in [0.29, 0.717) is 0 Å². The fourth-order valence-corrected chi connectivity index (χ4v) is 3.10. The maximum Gasteiger partial charge on any atom is 0.134 e. The highest BCUT2D eigenvalue weighted by Crippen LogP contribution is 2.22. The molecule has 1 saturated carbocycles. The van der Waals surface area contributed by atoms with Crippen molar-refractivity contribution in [2.75, 3.05) is 37.3 Å². The number of aromatic nitrogens is 2. The van der Waals surface area contributed by atoms with Gasteiger partial charge in [-0.3, -0.25) is 0 Å². The molecule has 1 aliphatic rings. The summed E-state index contributed by atoms with van der Waals surface area (Å²) in [6.45, 7) is 7.12. The van der Waals surface area contributed by atoms with Gasteiger partial charge >= 0.3 is 0 Å². The summed E-state index contributed by atoms with van der Waals surface area (Å²) in [6.07, 6.45) is 8.06. The Morgan fingerprint density at radius 1 is 1.14 bits per heavy atom. The molecule has 118 valence electrons. The number of rotatable bonds is 8. The predicted octanol–water partition coefficient (Wildman–Crippen LogP) is 2.76. The number of nitrogens with zero attached hydrogens (tertiary/aromatic N) is 3. The summed E-state index contributed by atoms with van der Waals surface area (Å²) in [6, 6.07) is 0.778. The molecule has 0 aliphatic heterocycles. The standard InChI is InChI=1S/C16H29N5/c1-4-14-15(17-5-2)19-12-20-16(14)18-10-11-21(3)13-8-6-7-9-13/h12-13H,4-11H2,1-3H3,(H2,17,18,19,20). The molecule has 1 heterocycles. The normalized spacial score (nSPS) is 15.6. The minimum absolute atomic E-state index is 0.778. The summed E-state index contributed by atoms with van der Waals surface area (Å²) in [7, 11) is 2.24. The maximum atomic E-state index is 4.41. The van der Waals surface area contributed by atoms with Crippen molar-refractivity contribution >= 4 is 11.6 Å². The number of likely N-dealkylation sites (N-methyl/N-ethyl adjacent to an activating group) is 1. The van der Waals surface area contributed by atoms with Crippen LogP contribution in [0.3, 0.4) is 0 Å². The molecule has 5 heteroatoms. The van der Waals surface area contributed by atoms with E-state index in [1.165, 1.54) is 31.2 Å². The average Bonchev–Trinajstić information content (AvgIpc) is 3.02. The van der Waals surface area contributed by atoms with E-state index in [0.717, 1.165) is 43.7 Å². The molecule has 2 N–H and O–H groups in total. The smallest absolute Gasteiger partial charge is 0.134 e. The van der Waals surface area contributed by atoms with Gasteiger partial charge in [0, 0.05) is 31.2 Å². The Kier molecular flexibility index (Phi) is 6.23. The lowest BCUT2D eigenvalue weighted by Crippen LogP contribution is -2.33. The van der Waals surface area contributed by atoms with Gasteiger partial charge in [0.05, 0.1) is 0 Å². The van der Waals surface area contributed by atoms with E-state index in [2.05, 4.69) is 46.4 Å². The molecule has 1 fully saturated rings. The Morgan fingerprint density at radius 2 is 1.81 bits per heavy atom. The molecule has 5 nitrogen and oxygen atoms in total. The first kappa shape index (κ1) is 16.0. The second kappa shape index (κ2) is 8.17. The van der Waals surface area contributed by atoms with Crippen LogP contribution in [0.15, 0.2) is 6.33 Å². The highest BCUT2D eigenvalue weighted by atomic mass is 15.2. The first-order valence-corrected chi connectivity index (χ1v) is 8.28. The fourth-order valence-electron chi connectivity index (χ4n) is 3.10. The second-order valence-electron chi connectivity index (χ2n) is 5.78. The van der Waals surface area contributed by atoms with E-state index >= 15 is 0 Å². The van der Waals surface area contributed by atoms with Crippen LogP contribution in [-0.2, 0) is 6.42 Å². The topological polar surface area (TPSA) is 53.1 Å². The van der Waals surface area contributed by atoms with Crippen LogP contribution in [0.4, 0.5) is 11.6 Å². The van der Waals surface area contributed by atoms with Crippen molar-refractivity contribution in [2.45, 2.75) is 52.0 Å². The molecule has 0 saturated heterocycles. The van der Waals surface area contributed by atoms with Crippen LogP contribution in [0, 0.1) is 0 Å². The van der Waals surface area contributed by atoms with Gasteiger partial charge < -0.3 is 15.5 Å². The third kappa shape index (κ3) is 4.30. The van der Waals surface area contributed by atoms with E-state index in [1.54, 1.807) is 6.33 Å². The lowest BCUT2D eigenvalue weighted by molar-refractivity contribution is 0.254. The van der Waals surface area contributed by atoms with E-state index < -0.39 is 0 Å². The second-order valence-corrected chi connectivity index (χ2v) is 5.78. The minimum atomic E-state index is 0.778. The Balaban J connectivity index is 1.88. The highest BCUT2D eigenvalue weighted by molar-refractivity contribution is 5.57. The van der Waals surface area contributed by atoms with Gasteiger partial charge in [0.1, 0.15) is 18.0 Å². The van der Waals surface area contributed by atoms with Crippen LogP contribution in [-0.4, -0.2) is 47.6 Å². The summed E-state index contributed by atoms with van der Waals surface area (Å²) in [5.74, 6) is 1.94. The van der Waals surface area contributed by atoms with E-state index in [9.17, 15) is 0 Å². The third-order valence-corrected chi connectivity index (χ3v) is 4.35. The van der Waals surface area contributed by atoms with Gasteiger partial charge in [-0.05, 0) is 33.2 Å². The lowest BCUT2D eigenvalue weighted by Gasteiger charge is -2.24. The summed E-state index contributed by atoms with van der Waals surface area (Å²) in [4.78, 5) is 11.2. The quantitative estimate of drug-likeness (QED) is 0.771. The molecule has 0 spiro atoms. The molecule has 1 aromatic rings. The molecular weight excluding hydrogens is 262 g/mol. The van der Waals surface area contributed by atoms with Crippen LogP contribution in [0.25, 0.3) is 0 Å². The number of nitrogens with one attached hydrogen (secondary N) is 2. The van der Waals surface area contributed by atoms with Crippen molar-refractivity contribution in [1.29, 1.82) is 0 Å². The molecular formula is C16H29N5. The molecule has 0 unspecified atom stereocenters. The Morgan fingerprint density at radius 3 is 2.43 bits per heavy atom. The molecule has 21 heavy (non-hydrogen) atoms. The summed E-state index contributed by atoms with van der Waals surface area (Å²) in [5.41, 5.74) is 1.18. The van der Waals surface area contributed by atoms with Crippen LogP contribution >= 0.6 is 0 Å². The molecule has 0 aromatic carbocycles. The van der Waals surface area contributed by atoms with E-state index in [4.69, 9.17) is 0 Å².